The van der Waals surface area contributed by atoms with E-state index in [0.29, 0.717) is 28.8 Å². The first-order valence-corrected chi connectivity index (χ1v) is 5.33. The Hall–Kier alpha value is -2.56. The van der Waals surface area contributed by atoms with Crippen molar-refractivity contribution in [3.8, 4) is 11.1 Å². The topological polar surface area (TPSA) is 47.3 Å². The highest BCUT2D eigenvalue weighted by molar-refractivity contribution is 5.75. The van der Waals surface area contributed by atoms with Crippen LogP contribution in [-0.2, 0) is 0 Å². The Morgan fingerprint density at radius 1 is 1.22 bits per heavy atom. The molecule has 0 spiro atoms. The molecule has 3 aromatic rings. The Balaban J connectivity index is 2.24. The fourth-order valence-corrected chi connectivity index (χ4v) is 1.85. The molecule has 0 saturated heterocycles. The molecule has 88 valence electrons. The minimum atomic E-state index is -0.537. The molecule has 0 aromatic carbocycles. The number of aldehydes is 1. The molecule has 18 heavy (non-hydrogen) atoms. The summed E-state index contributed by atoms with van der Waals surface area (Å²) in [6.45, 7) is 0. The van der Waals surface area contributed by atoms with Crippen molar-refractivity contribution in [2.24, 2.45) is 0 Å². The zero-order valence-electron chi connectivity index (χ0n) is 9.25. The quantitative estimate of drug-likeness (QED) is 0.511. The molecule has 0 atom stereocenters. The monoisotopic (exact) mass is 241 g/mol. The average Bonchev–Trinajstić information content (AvgIpc) is 2.81. The van der Waals surface area contributed by atoms with Gasteiger partial charge in [-0.3, -0.25) is 9.20 Å². The van der Waals surface area contributed by atoms with Gasteiger partial charge in [-0.25, -0.2) is 9.97 Å². The van der Waals surface area contributed by atoms with Gasteiger partial charge in [0.1, 0.15) is 11.3 Å². The zero-order chi connectivity index (χ0) is 12.5. The van der Waals surface area contributed by atoms with E-state index < -0.39 is 5.95 Å². The minimum absolute atomic E-state index is 0.393. The van der Waals surface area contributed by atoms with Crippen LogP contribution < -0.4 is 0 Å². The van der Waals surface area contributed by atoms with E-state index in [2.05, 4.69) is 9.97 Å². The van der Waals surface area contributed by atoms with Crippen LogP contribution in [0.5, 0.6) is 0 Å². The van der Waals surface area contributed by atoms with Crippen molar-refractivity contribution in [3.63, 3.8) is 0 Å². The van der Waals surface area contributed by atoms with E-state index in [-0.39, 0.29) is 0 Å². The van der Waals surface area contributed by atoms with E-state index in [1.165, 1.54) is 12.4 Å². The molecular formula is C13H8FN3O. The zero-order valence-corrected chi connectivity index (χ0v) is 9.25. The summed E-state index contributed by atoms with van der Waals surface area (Å²) in [7, 11) is 0. The normalized spacial score (nSPS) is 10.7. The van der Waals surface area contributed by atoms with Gasteiger partial charge in [-0.05, 0) is 24.3 Å². The highest BCUT2D eigenvalue weighted by Gasteiger charge is 2.08. The summed E-state index contributed by atoms with van der Waals surface area (Å²) in [5.74, 6) is -0.537. The van der Waals surface area contributed by atoms with Crippen LogP contribution in [-0.4, -0.2) is 20.7 Å². The van der Waals surface area contributed by atoms with Gasteiger partial charge in [0.05, 0.1) is 6.20 Å². The van der Waals surface area contributed by atoms with Crippen molar-refractivity contribution in [1.29, 1.82) is 0 Å². The Kier molecular flexibility index (Phi) is 2.37. The van der Waals surface area contributed by atoms with Crippen molar-refractivity contribution < 1.29 is 9.18 Å². The number of pyridine rings is 2. The molecule has 0 radical (unpaired) electrons. The maximum absolute atomic E-state index is 13.6. The van der Waals surface area contributed by atoms with Gasteiger partial charge in [0.2, 0.25) is 5.95 Å². The molecule has 0 amide bonds. The highest BCUT2D eigenvalue weighted by atomic mass is 19.1. The van der Waals surface area contributed by atoms with Crippen LogP contribution in [0.3, 0.4) is 0 Å². The van der Waals surface area contributed by atoms with Crippen molar-refractivity contribution in [1.82, 2.24) is 14.4 Å². The molecular weight excluding hydrogens is 233 g/mol. The third-order valence-corrected chi connectivity index (χ3v) is 2.73. The molecule has 0 fully saturated rings. The number of aromatic nitrogens is 3. The van der Waals surface area contributed by atoms with E-state index in [1.807, 2.05) is 0 Å². The van der Waals surface area contributed by atoms with Crippen LogP contribution in [0.2, 0.25) is 0 Å². The van der Waals surface area contributed by atoms with Crippen LogP contribution in [0.25, 0.3) is 16.8 Å². The van der Waals surface area contributed by atoms with Gasteiger partial charge in [0, 0.05) is 23.5 Å². The van der Waals surface area contributed by atoms with Crippen molar-refractivity contribution in [2.75, 3.05) is 0 Å². The summed E-state index contributed by atoms with van der Waals surface area (Å²) in [6.07, 6.45) is 5.26. The van der Waals surface area contributed by atoms with Gasteiger partial charge in [-0.1, -0.05) is 0 Å². The van der Waals surface area contributed by atoms with Gasteiger partial charge in [-0.2, -0.15) is 4.39 Å². The first kappa shape index (κ1) is 10.6. The largest absolute Gasteiger partial charge is 0.297 e. The molecule has 0 unspecified atom stereocenters. The van der Waals surface area contributed by atoms with Crippen molar-refractivity contribution in [3.05, 3.63) is 54.5 Å². The van der Waals surface area contributed by atoms with Crippen LogP contribution in [0.1, 0.15) is 10.5 Å². The number of fused-ring (bicyclic) bond motifs is 1. The second kappa shape index (κ2) is 4.03. The SMILES string of the molecule is O=Cc1cnc2ccc(-c3cccnc3F)cn12. The maximum Gasteiger partial charge on any atom is 0.220 e. The lowest BCUT2D eigenvalue weighted by atomic mass is 10.1. The van der Waals surface area contributed by atoms with Crippen LogP contribution in [0.4, 0.5) is 4.39 Å². The smallest absolute Gasteiger partial charge is 0.220 e. The Morgan fingerprint density at radius 3 is 2.89 bits per heavy atom. The lowest BCUT2D eigenvalue weighted by Gasteiger charge is -2.03. The lowest BCUT2D eigenvalue weighted by molar-refractivity contribution is 0.111. The van der Waals surface area contributed by atoms with Crippen molar-refractivity contribution >= 4 is 11.9 Å². The Labute approximate surface area is 102 Å². The first-order chi connectivity index (χ1) is 8.79. The van der Waals surface area contributed by atoms with Gasteiger partial charge in [0.15, 0.2) is 6.29 Å². The molecule has 0 N–H and O–H groups in total. The third kappa shape index (κ3) is 1.57. The molecule has 0 aliphatic heterocycles. The van der Waals surface area contributed by atoms with Crippen LogP contribution >= 0.6 is 0 Å². The number of carbonyl (C=O) groups excluding carboxylic acids is 1. The number of nitrogens with zero attached hydrogens (tertiary/aromatic N) is 3. The van der Waals surface area contributed by atoms with Gasteiger partial charge in [0.25, 0.3) is 0 Å². The van der Waals surface area contributed by atoms with E-state index in [4.69, 9.17) is 0 Å². The molecule has 4 nitrogen and oxygen atoms in total. The summed E-state index contributed by atoms with van der Waals surface area (Å²) in [4.78, 5) is 18.5. The standard InChI is InChI=1S/C13H8FN3O/c14-13-11(2-1-5-15-13)9-3-4-12-16-6-10(8-18)17(12)7-9/h1-8H. The molecule has 0 aliphatic rings. The number of carbonyl (C=O) groups is 1. The van der Waals surface area contributed by atoms with Gasteiger partial charge >= 0.3 is 0 Å². The molecule has 0 saturated carbocycles. The Morgan fingerprint density at radius 2 is 2.11 bits per heavy atom. The minimum Gasteiger partial charge on any atom is -0.297 e. The third-order valence-electron chi connectivity index (χ3n) is 2.73. The predicted octanol–water partition coefficient (Wildman–Crippen LogP) is 2.35. The molecule has 0 aliphatic carbocycles. The number of hydrogen-bond acceptors (Lipinski definition) is 3. The van der Waals surface area contributed by atoms with E-state index in [1.54, 1.807) is 34.9 Å². The molecule has 3 aromatic heterocycles. The van der Waals surface area contributed by atoms with Crippen LogP contribution in [0.15, 0.2) is 42.9 Å². The first-order valence-electron chi connectivity index (χ1n) is 5.33. The second-order valence-electron chi connectivity index (χ2n) is 3.79. The number of halogens is 1. The lowest BCUT2D eigenvalue weighted by Crippen LogP contribution is -1.93. The van der Waals surface area contributed by atoms with E-state index >= 15 is 0 Å². The number of imidazole rings is 1. The fraction of sp³-hybridized carbons (Fsp3) is 0. The molecule has 3 rings (SSSR count). The predicted molar refractivity (Wildman–Crippen MR) is 63.8 cm³/mol. The fourth-order valence-electron chi connectivity index (χ4n) is 1.85. The van der Waals surface area contributed by atoms with Crippen LogP contribution in [0, 0.1) is 5.95 Å². The summed E-state index contributed by atoms with van der Waals surface area (Å²) in [5.41, 5.74) is 2.11. The second-order valence-corrected chi connectivity index (χ2v) is 3.79. The number of rotatable bonds is 2. The highest BCUT2D eigenvalue weighted by Crippen LogP contribution is 2.22. The molecule has 5 heteroatoms. The average molecular weight is 241 g/mol. The molecule has 0 bridgehead atoms. The van der Waals surface area contributed by atoms with Gasteiger partial charge in [-0.15, -0.1) is 0 Å². The van der Waals surface area contributed by atoms with Crippen molar-refractivity contribution in [2.45, 2.75) is 0 Å². The number of hydrogen-bond donors (Lipinski definition) is 0. The summed E-state index contributed by atoms with van der Waals surface area (Å²) >= 11 is 0. The Bertz CT molecular complexity index is 736. The van der Waals surface area contributed by atoms with E-state index in [9.17, 15) is 9.18 Å². The maximum atomic E-state index is 13.6. The van der Waals surface area contributed by atoms with Gasteiger partial charge < -0.3 is 0 Å². The molecule has 3 heterocycles. The summed E-state index contributed by atoms with van der Waals surface area (Å²) in [6, 6.07) is 6.78. The van der Waals surface area contributed by atoms with E-state index in [0.717, 1.165) is 0 Å². The summed E-state index contributed by atoms with van der Waals surface area (Å²) < 4.78 is 15.2. The summed E-state index contributed by atoms with van der Waals surface area (Å²) in [5, 5.41) is 0.